The van der Waals surface area contributed by atoms with Crippen molar-refractivity contribution in [1.29, 1.82) is 0 Å². The zero-order valence-corrected chi connectivity index (χ0v) is 12.8. The first-order chi connectivity index (χ1) is 9.72. The summed E-state index contributed by atoms with van der Waals surface area (Å²) in [5.74, 6) is -0.0218. The van der Waals surface area contributed by atoms with Crippen LogP contribution in [0.25, 0.3) is 0 Å². The van der Waals surface area contributed by atoms with Crippen molar-refractivity contribution >= 4 is 21.8 Å². The van der Waals surface area contributed by atoms with Crippen molar-refractivity contribution in [2.45, 2.75) is 37.5 Å². The number of fused-ring (bicyclic) bond motifs is 1. The number of amides is 1. The lowest BCUT2D eigenvalue weighted by molar-refractivity contribution is -0.157. The van der Waals surface area contributed by atoms with E-state index in [-0.39, 0.29) is 24.2 Å². The highest BCUT2D eigenvalue weighted by Gasteiger charge is 2.34. The fourth-order valence-corrected chi connectivity index (χ4v) is 3.30. The second-order valence-electron chi connectivity index (χ2n) is 5.31. The fourth-order valence-electron chi connectivity index (χ4n) is 2.90. The minimum Gasteiger partial charge on any atom is -0.373 e. The van der Waals surface area contributed by atoms with Crippen LogP contribution in [0.5, 0.6) is 0 Å². The highest BCUT2D eigenvalue weighted by Crippen LogP contribution is 2.27. The number of carbonyl (C=O) groups is 1. The lowest BCUT2D eigenvalue weighted by Crippen LogP contribution is -2.49. The summed E-state index contributed by atoms with van der Waals surface area (Å²) in [4.78, 5) is 12.2. The second kappa shape index (κ2) is 6.24. The van der Waals surface area contributed by atoms with Crippen molar-refractivity contribution in [3.05, 3.63) is 34.3 Å². The van der Waals surface area contributed by atoms with Gasteiger partial charge in [0.1, 0.15) is 0 Å². The van der Waals surface area contributed by atoms with Crippen molar-refractivity contribution in [2.75, 3.05) is 13.2 Å². The minimum absolute atomic E-state index is 0.0218. The van der Waals surface area contributed by atoms with Crippen molar-refractivity contribution < 1.29 is 14.3 Å². The molecule has 20 heavy (non-hydrogen) atoms. The molecule has 5 heteroatoms. The van der Waals surface area contributed by atoms with E-state index in [0.29, 0.717) is 18.8 Å². The monoisotopic (exact) mass is 339 g/mol. The van der Waals surface area contributed by atoms with E-state index in [1.54, 1.807) is 0 Å². The van der Waals surface area contributed by atoms with Crippen molar-refractivity contribution in [3.8, 4) is 0 Å². The van der Waals surface area contributed by atoms with Crippen LogP contribution < -0.4 is 5.32 Å². The first-order valence-corrected chi connectivity index (χ1v) is 7.81. The minimum atomic E-state index is -0.0218. The van der Waals surface area contributed by atoms with Gasteiger partial charge in [0.2, 0.25) is 0 Å². The summed E-state index contributed by atoms with van der Waals surface area (Å²) in [6.07, 6.45) is 3.08. The molecule has 3 rings (SSSR count). The Labute approximate surface area is 127 Å². The van der Waals surface area contributed by atoms with E-state index in [0.717, 1.165) is 23.7 Å². The van der Waals surface area contributed by atoms with Gasteiger partial charge >= 0.3 is 0 Å². The van der Waals surface area contributed by atoms with Gasteiger partial charge in [-0.15, -0.1) is 0 Å². The van der Waals surface area contributed by atoms with Gasteiger partial charge in [0.25, 0.3) is 5.91 Å². The fraction of sp³-hybridized carbons (Fsp3) is 0.533. The molecule has 1 heterocycles. The van der Waals surface area contributed by atoms with Gasteiger partial charge in [-0.25, -0.2) is 0 Å². The van der Waals surface area contributed by atoms with E-state index in [2.05, 4.69) is 21.2 Å². The molecule has 1 aromatic rings. The number of hydrogen-bond donors (Lipinski definition) is 1. The van der Waals surface area contributed by atoms with Gasteiger partial charge in [0.05, 0.1) is 25.4 Å². The van der Waals surface area contributed by atoms with Crippen LogP contribution in [0.1, 0.15) is 29.6 Å². The van der Waals surface area contributed by atoms with E-state index in [1.165, 1.54) is 0 Å². The summed E-state index contributed by atoms with van der Waals surface area (Å²) in [6.45, 7) is 1.35. The molecular weight excluding hydrogens is 322 g/mol. The maximum absolute atomic E-state index is 12.2. The zero-order chi connectivity index (χ0) is 13.9. The third kappa shape index (κ3) is 3.22. The molecule has 0 unspecified atom stereocenters. The SMILES string of the molecule is O=C(N[C@@H]1CC[C@H]2OCCO[C@H]2C1)c1cccc(Br)c1. The molecule has 4 nitrogen and oxygen atoms in total. The number of carbonyl (C=O) groups excluding carboxylic acids is 1. The van der Waals surface area contributed by atoms with Crippen LogP contribution in [0.2, 0.25) is 0 Å². The standard InChI is InChI=1S/C15H18BrNO3/c16-11-3-1-2-10(8-11)15(18)17-12-4-5-13-14(9-12)20-7-6-19-13/h1-3,8,12-14H,4-7,9H2,(H,17,18)/t12-,13-,14+/m1/s1. The molecule has 0 bridgehead atoms. The van der Waals surface area contributed by atoms with E-state index >= 15 is 0 Å². The second-order valence-corrected chi connectivity index (χ2v) is 6.23. The van der Waals surface area contributed by atoms with Crippen LogP contribution in [-0.4, -0.2) is 37.4 Å². The van der Waals surface area contributed by atoms with Gasteiger partial charge in [-0.3, -0.25) is 4.79 Å². The maximum atomic E-state index is 12.2. The smallest absolute Gasteiger partial charge is 0.251 e. The average molecular weight is 340 g/mol. The van der Waals surface area contributed by atoms with Crippen LogP contribution in [0.3, 0.4) is 0 Å². The molecule has 0 spiro atoms. The molecule has 1 N–H and O–H groups in total. The van der Waals surface area contributed by atoms with E-state index in [1.807, 2.05) is 24.3 Å². The number of benzene rings is 1. The first kappa shape index (κ1) is 14.0. The molecule has 0 radical (unpaired) electrons. The van der Waals surface area contributed by atoms with Gasteiger partial charge in [-0.1, -0.05) is 22.0 Å². The Morgan fingerprint density at radius 2 is 2.00 bits per heavy atom. The summed E-state index contributed by atoms with van der Waals surface area (Å²) in [5.41, 5.74) is 0.683. The Hall–Kier alpha value is -0.910. The van der Waals surface area contributed by atoms with Gasteiger partial charge in [0.15, 0.2) is 0 Å². The average Bonchev–Trinajstić information content (AvgIpc) is 2.47. The van der Waals surface area contributed by atoms with Crippen molar-refractivity contribution in [2.24, 2.45) is 0 Å². The number of nitrogens with one attached hydrogen (secondary N) is 1. The molecule has 1 amide bonds. The van der Waals surface area contributed by atoms with E-state index < -0.39 is 0 Å². The summed E-state index contributed by atoms with van der Waals surface area (Å²) in [6, 6.07) is 7.61. The molecule has 1 saturated carbocycles. The summed E-state index contributed by atoms with van der Waals surface area (Å²) in [7, 11) is 0. The number of ether oxygens (including phenoxy) is 2. The molecule has 2 aliphatic rings. The molecular formula is C15H18BrNO3. The van der Waals surface area contributed by atoms with Crippen LogP contribution in [0, 0.1) is 0 Å². The Morgan fingerprint density at radius 1 is 1.20 bits per heavy atom. The molecule has 1 aromatic carbocycles. The lowest BCUT2D eigenvalue weighted by atomic mass is 9.89. The number of halogens is 1. The van der Waals surface area contributed by atoms with Crippen molar-refractivity contribution in [3.63, 3.8) is 0 Å². The van der Waals surface area contributed by atoms with Crippen molar-refractivity contribution in [1.82, 2.24) is 5.32 Å². The normalized spacial score (nSPS) is 29.6. The topological polar surface area (TPSA) is 47.6 Å². The largest absolute Gasteiger partial charge is 0.373 e. The number of rotatable bonds is 2. The predicted octanol–water partition coefficient (Wildman–Crippen LogP) is 2.52. The first-order valence-electron chi connectivity index (χ1n) is 7.02. The highest BCUT2D eigenvalue weighted by atomic mass is 79.9. The Bertz CT molecular complexity index is 494. The molecule has 2 fully saturated rings. The summed E-state index contributed by atoms with van der Waals surface area (Å²) < 4.78 is 12.3. The Kier molecular flexibility index (Phi) is 4.38. The Balaban J connectivity index is 1.59. The third-order valence-corrected chi connectivity index (χ3v) is 4.39. The predicted molar refractivity (Wildman–Crippen MR) is 78.7 cm³/mol. The maximum Gasteiger partial charge on any atom is 0.251 e. The van der Waals surface area contributed by atoms with Crippen LogP contribution >= 0.6 is 15.9 Å². The quantitative estimate of drug-likeness (QED) is 0.900. The van der Waals surface area contributed by atoms with E-state index in [9.17, 15) is 4.79 Å². The molecule has 1 saturated heterocycles. The molecule has 1 aliphatic carbocycles. The van der Waals surface area contributed by atoms with Gasteiger partial charge in [-0.05, 0) is 37.5 Å². The molecule has 0 aromatic heterocycles. The molecule has 3 atom stereocenters. The third-order valence-electron chi connectivity index (χ3n) is 3.90. The van der Waals surface area contributed by atoms with E-state index in [4.69, 9.17) is 9.47 Å². The van der Waals surface area contributed by atoms with Gasteiger partial charge in [-0.2, -0.15) is 0 Å². The molecule has 108 valence electrons. The zero-order valence-electron chi connectivity index (χ0n) is 11.2. The Morgan fingerprint density at radius 3 is 2.80 bits per heavy atom. The summed E-state index contributed by atoms with van der Waals surface area (Å²) >= 11 is 3.38. The van der Waals surface area contributed by atoms with Crippen LogP contribution in [0.4, 0.5) is 0 Å². The van der Waals surface area contributed by atoms with Gasteiger partial charge in [0, 0.05) is 16.1 Å². The van der Waals surface area contributed by atoms with Crippen LogP contribution in [0.15, 0.2) is 28.7 Å². The lowest BCUT2D eigenvalue weighted by Gasteiger charge is -2.39. The summed E-state index contributed by atoms with van der Waals surface area (Å²) in [5, 5.41) is 3.10. The van der Waals surface area contributed by atoms with Gasteiger partial charge < -0.3 is 14.8 Å². The number of hydrogen-bond acceptors (Lipinski definition) is 3. The van der Waals surface area contributed by atoms with Crippen LogP contribution in [-0.2, 0) is 9.47 Å². The highest BCUT2D eigenvalue weighted by molar-refractivity contribution is 9.10. The molecule has 1 aliphatic heterocycles.